The highest BCUT2D eigenvalue weighted by molar-refractivity contribution is 5.30. The molecule has 2 aromatic rings. The Labute approximate surface area is 107 Å². The highest BCUT2D eigenvalue weighted by Gasteiger charge is 2.01. The second-order valence-electron chi connectivity index (χ2n) is 4.64. The van der Waals surface area contributed by atoms with Crippen molar-refractivity contribution in [1.82, 2.24) is 0 Å². The molecule has 0 radical (unpaired) electrons. The van der Waals surface area contributed by atoms with Crippen molar-refractivity contribution >= 4 is 0 Å². The lowest BCUT2D eigenvalue weighted by Crippen LogP contribution is -1.96. The van der Waals surface area contributed by atoms with Gasteiger partial charge in [0.25, 0.3) is 0 Å². The van der Waals surface area contributed by atoms with Gasteiger partial charge in [-0.05, 0) is 41.3 Å². The van der Waals surface area contributed by atoms with E-state index in [1.165, 1.54) is 17.7 Å². The van der Waals surface area contributed by atoms with E-state index >= 15 is 0 Å². The molecule has 1 nitrogen and oxygen atoms in total. The molecule has 0 saturated heterocycles. The van der Waals surface area contributed by atoms with Gasteiger partial charge in [-0.2, -0.15) is 0 Å². The average molecular weight is 244 g/mol. The zero-order valence-electron chi connectivity index (χ0n) is 10.7. The van der Waals surface area contributed by atoms with Crippen molar-refractivity contribution < 1.29 is 9.13 Å². The molecular formula is C16H17FO. The van der Waals surface area contributed by atoms with Crippen LogP contribution in [0.4, 0.5) is 4.39 Å². The minimum atomic E-state index is -0.222. The van der Waals surface area contributed by atoms with Crippen molar-refractivity contribution in [3.8, 4) is 5.75 Å². The van der Waals surface area contributed by atoms with E-state index in [1.807, 2.05) is 18.2 Å². The first-order valence-corrected chi connectivity index (χ1v) is 6.12. The predicted molar refractivity (Wildman–Crippen MR) is 71.3 cm³/mol. The largest absolute Gasteiger partial charge is 0.489 e. The van der Waals surface area contributed by atoms with Gasteiger partial charge in [-0.1, -0.05) is 38.1 Å². The SMILES string of the molecule is CC(C)c1cccc(OCc2ccc(F)cc2)c1. The zero-order chi connectivity index (χ0) is 13.0. The smallest absolute Gasteiger partial charge is 0.123 e. The molecule has 0 atom stereocenters. The van der Waals surface area contributed by atoms with Gasteiger partial charge in [-0.15, -0.1) is 0 Å². The maximum Gasteiger partial charge on any atom is 0.123 e. The lowest BCUT2D eigenvalue weighted by atomic mass is 10.0. The van der Waals surface area contributed by atoms with Crippen molar-refractivity contribution in [3.63, 3.8) is 0 Å². The molecule has 0 N–H and O–H groups in total. The quantitative estimate of drug-likeness (QED) is 0.767. The van der Waals surface area contributed by atoms with E-state index in [-0.39, 0.29) is 5.82 Å². The molecule has 0 amide bonds. The first-order chi connectivity index (χ1) is 8.65. The fourth-order valence-electron chi connectivity index (χ4n) is 1.71. The number of hydrogen-bond donors (Lipinski definition) is 0. The van der Waals surface area contributed by atoms with Crippen LogP contribution in [0.2, 0.25) is 0 Å². The van der Waals surface area contributed by atoms with Gasteiger partial charge in [-0.3, -0.25) is 0 Å². The summed E-state index contributed by atoms with van der Waals surface area (Å²) in [5.74, 6) is 1.12. The highest BCUT2D eigenvalue weighted by Crippen LogP contribution is 2.20. The van der Waals surface area contributed by atoms with Crippen molar-refractivity contribution in [3.05, 3.63) is 65.5 Å². The molecule has 0 aliphatic carbocycles. The van der Waals surface area contributed by atoms with E-state index in [2.05, 4.69) is 19.9 Å². The fraction of sp³-hybridized carbons (Fsp3) is 0.250. The molecule has 0 aliphatic rings. The second kappa shape index (κ2) is 5.67. The molecule has 0 aliphatic heterocycles. The summed E-state index contributed by atoms with van der Waals surface area (Å²) in [4.78, 5) is 0. The molecule has 94 valence electrons. The third-order valence-electron chi connectivity index (χ3n) is 2.84. The van der Waals surface area contributed by atoms with Crippen LogP contribution in [0.3, 0.4) is 0 Å². The van der Waals surface area contributed by atoms with Gasteiger partial charge in [0.15, 0.2) is 0 Å². The van der Waals surface area contributed by atoms with Crippen molar-refractivity contribution in [2.24, 2.45) is 0 Å². The Bertz CT molecular complexity index is 503. The van der Waals surface area contributed by atoms with Crippen molar-refractivity contribution in [2.75, 3.05) is 0 Å². The van der Waals surface area contributed by atoms with Crippen LogP contribution in [0.1, 0.15) is 30.9 Å². The van der Waals surface area contributed by atoms with Crippen LogP contribution >= 0.6 is 0 Å². The predicted octanol–water partition coefficient (Wildman–Crippen LogP) is 4.53. The first kappa shape index (κ1) is 12.6. The number of hydrogen-bond acceptors (Lipinski definition) is 1. The molecule has 2 heteroatoms. The monoisotopic (exact) mass is 244 g/mol. The van der Waals surface area contributed by atoms with Crippen LogP contribution in [-0.2, 0) is 6.61 Å². The molecule has 0 saturated carbocycles. The van der Waals surface area contributed by atoms with Gasteiger partial charge in [-0.25, -0.2) is 4.39 Å². The van der Waals surface area contributed by atoms with Crippen LogP contribution in [-0.4, -0.2) is 0 Å². The van der Waals surface area contributed by atoms with Crippen molar-refractivity contribution in [1.29, 1.82) is 0 Å². The summed E-state index contributed by atoms with van der Waals surface area (Å²) in [7, 11) is 0. The zero-order valence-corrected chi connectivity index (χ0v) is 10.7. The Hall–Kier alpha value is -1.83. The van der Waals surface area contributed by atoms with Crippen LogP contribution < -0.4 is 4.74 Å². The van der Waals surface area contributed by atoms with Crippen LogP contribution in [0.5, 0.6) is 5.75 Å². The van der Waals surface area contributed by atoms with Gasteiger partial charge < -0.3 is 4.74 Å². The minimum absolute atomic E-state index is 0.222. The summed E-state index contributed by atoms with van der Waals surface area (Å²) in [6.45, 7) is 4.76. The Morgan fingerprint density at radius 3 is 2.44 bits per heavy atom. The maximum atomic E-state index is 12.8. The summed E-state index contributed by atoms with van der Waals surface area (Å²) in [6.07, 6.45) is 0. The summed E-state index contributed by atoms with van der Waals surface area (Å²) >= 11 is 0. The summed E-state index contributed by atoms with van der Waals surface area (Å²) < 4.78 is 18.5. The Kier molecular flexibility index (Phi) is 3.98. The normalized spacial score (nSPS) is 10.7. The first-order valence-electron chi connectivity index (χ1n) is 6.12. The van der Waals surface area contributed by atoms with Gasteiger partial charge in [0.1, 0.15) is 18.2 Å². The molecular weight excluding hydrogens is 227 g/mol. The topological polar surface area (TPSA) is 9.23 Å². The molecule has 0 aromatic heterocycles. The molecule has 0 unspecified atom stereocenters. The lowest BCUT2D eigenvalue weighted by molar-refractivity contribution is 0.305. The Morgan fingerprint density at radius 2 is 1.78 bits per heavy atom. The molecule has 2 rings (SSSR count). The van der Waals surface area contributed by atoms with E-state index in [1.54, 1.807) is 12.1 Å². The standard InChI is InChI=1S/C16H17FO/c1-12(2)14-4-3-5-16(10-14)18-11-13-6-8-15(17)9-7-13/h3-10,12H,11H2,1-2H3. The summed E-state index contributed by atoms with van der Waals surface area (Å²) in [6, 6.07) is 14.4. The molecule has 0 bridgehead atoms. The van der Waals surface area contributed by atoms with E-state index in [0.29, 0.717) is 12.5 Å². The third kappa shape index (κ3) is 3.33. The van der Waals surface area contributed by atoms with E-state index < -0.39 is 0 Å². The van der Waals surface area contributed by atoms with Crippen LogP contribution in [0.15, 0.2) is 48.5 Å². The number of halogens is 1. The van der Waals surface area contributed by atoms with Gasteiger partial charge in [0.2, 0.25) is 0 Å². The van der Waals surface area contributed by atoms with Gasteiger partial charge >= 0.3 is 0 Å². The van der Waals surface area contributed by atoms with E-state index in [9.17, 15) is 4.39 Å². The fourth-order valence-corrected chi connectivity index (χ4v) is 1.71. The Balaban J connectivity index is 2.01. The minimum Gasteiger partial charge on any atom is -0.489 e. The lowest BCUT2D eigenvalue weighted by Gasteiger charge is -2.10. The molecule has 0 fully saturated rings. The number of ether oxygens (including phenoxy) is 1. The van der Waals surface area contributed by atoms with E-state index in [0.717, 1.165) is 11.3 Å². The van der Waals surface area contributed by atoms with Crippen molar-refractivity contribution in [2.45, 2.75) is 26.4 Å². The average Bonchev–Trinajstić information content (AvgIpc) is 2.38. The summed E-state index contributed by atoms with van der Waals surface area (Å²) in [5.41, 5.74) is 2.22. The number of rotatable bonds is 4. The van der Waals surface area contributed by atoms with E-state index in [4.69, 9.17) is 4.74 Å². The third-order valence-corrected chi connectivity index (χ3v) is 2.84. The molecule has 0 spiro atoms. The van der Waals surface area contributed by atoms with Gasteiger partial charge in [0.05, 0.1) is 0 Å². The Morgan fingerprint density at radius 1 is 1.06 bits per heavy atom. The van der Waals surface area contributed by atoms with Crippen LogP contribution in [0, 0.1) is 5.82 Å². The maximum absolute atomic E-state index is 12.8. The molecule has 18 heavy (non-hydrogen) atoms. The van der Waals surface area contributed by atoms with Gasteiger partial charge in [0, 0.05) is 0 Å². The highest BCUT2D eigenvalue weighted by atomic mass is 19.1. The number of benzene rings is 2. The summed E-state index contributed by atoms with van der Waals surface area (Å²) in [5, 5.41) is 0. The molecule has 0 heterocycles. The van der Waals surface area contributed by atoms with Crippen LogP contribution in [0.25, 0.3) is 0 Å². The second-order valence-corrected chi connectivity index (χ2v) is 4.64. The molecule has 2 aromatic carbocycles.